The molecule has 1 aliphatic rings. The fraction of sp³-hybridized carbons (Fsp3) is 0.148. The van der Waals surface area contributed by atoms with Crippen molar-refractivity contribution in [3.63, 3.8) is 0 Å². The van der Waals surface area contributed by atoms with Gasteiger partial charge in [-0.05, 0) is 46.4 Å². The summed E-state index contributed by atoms with van der Waals surface area (Å²) >= 11 is 0. The predicted octanol–water partition coefficient (Wildman–Crippen LogP) is 5.61. The summed E-state index contributed by atoms with van der Waals surface area (Å²) in [7, 11) is 0. The summed E-state index contributed by atoms with van der Waals surface area (Å²) in [6.45, 7) is 0.854. The molecule has 0 aromatic heterocycles. The van der Waals surface area contributed by atoms with Crippen molar-refractivity contribution in [2.75, 3.05) is 13.2 Å². The second-order valence-corrected chi connectivity index (χ2v) is 7.21. The van der Waals surface area contributed by atoms with Crippen molar-refractivity contribution in [1.29, 1.82) is 0 Å². The maximum Gasteiger partial charge on any atom is 0.407 e. The van der Waals surface area contributed by atoms with E-state index in [1.165, 1.54) is 22.3 Å². The molecule has 0 bridgehead atoms. The molecule has 0 aliphatic heterocycles. The van der Waals surface area contributed by atoms with Crippen LogP contribution in [0, 0.1) is 12.3 Å². The molecule has 1 aliphatic carbocycles. The van der Waals surface area contributed by atoms with Gasteiger partial charge in [0.05, 0.1) is 0 Å². The minimum atomic E-state index is -0.386. The maximum absolute atomic E-state index is 12.2. The van der Waals surface area contributed by atoms with Crippen LogP contribution in [0.15, 0.2) is 78.9 Å². The van der Waals surface area contributed by atoms with E-state index in [0.29, 0.717) is 13.2 Å². The van der Waals surface area contributed by atoms with Gasteiger partial charge in [-0.15, -0.1) is 6.42 Å². The average Bonchev–Trinajstić information content (AvgIpc) is 3.12. The minimum Gasteiger partial charge on any atom is -0.449 e. The highest BCUT2D eigenvalue weighted by Gasteiger charge is 2.28. The lowest BCUT2D eigenvalue weighted by molar-refractivity contribution is 0.143. The molecular formula is C27H23NO2. The number of carbonyl (C=O) groups excluding carboxylic acids is 1. The van der Waals surface area contributed by atoms with Crippen molar-refractivity contribution < 1.29 is 9.53 Å². The summed E-state index contributed by atoms with van der Waals surface area (Å²) < 4.78 is 5.54. The number of terminal acetylenes is 1. The topological polar surface area (TPSA) is 38.3 Å². The van der Waals surface area contributed by atoms with E-state index in [-0.39, 0.29) is 12.0 Å². The molecule has 0 saturated heterocycles. The number of rotatable bonds is 6. The van der Waals surface area contributed by atoms with Crippen LogP contribution in [-0.2, 0) is 4.74 Å². The van der Waals surface area contributed by atoms with E-state index in [1.54, 1.807) is 0 Å². The van der Waals surface area contributed by atoms with Crippen LogP contribution in [0.5, 0.6) is 0 Å². The van der Waals surface area contributed by atoms with Crippen LogP contribution in [0.2, 0.25) is 0 Å². The van der Waals surface area contributed by atoms with Crippen LogP contribution in [0.4, 0.5) is 4.79 Å². The number of hydrogen-bond acceptors (Lipinski definition) is 2. The molecule has 30 heavy (non-hydrogen) atoms. The Balaban J connectivity index is 1.26. The van der Waals surface area contributed by atoms with Gasteiger partial charge < -0.3 is 10.1 Å². The number of hydrogen-bond donors (Lipinski definition) is 1. The fourth-order valence-corrected chi connectivity index (χ4v) is 3.82. The van der Waals surface area contributed by atoms with Gasteiger partial charge in [0.15, 0.2) is 0 Å². The Morgan fingerprint density at radius 2 is 1.60 bits per heavy atom. The SMILES string of the molecule is C#Cc1ccc(C=CCCNC(=O)OCC2c3ccccc3-c3ccccc32)cc1. The highest BCUT2D eigenvalue weighted by Crippen LogP contribution is 2.44. The molecule has 0 radical (unpaired) electrons. The van der Waals surface area contributed by atoms with Crippen molar-refractivity contribution in [1.82, 2.24) is 5.32 Å². The molecule has 0 fully saturated rings. The summed E-state index contributed by atoms with van der Waals surface area (Å²) in [5.41, 5.74) is 6.82. The standard InChI is InChI=1S/C27H23NO2/c1-2-20-14-16-21(17-15-20)9-7-8-18-28-27(29)30-19-26-24-12-5-3-10-22(24)23-11-4-6-13-25(23)26/h1,3-7,9-17,26H,8,18-19H2,(H,28,29). The van der Waals surface area contributed by atoms with Gasteiger partial charge in [-0.1, -0.05) is 78.7 Å². The molecule has 3 aromatic rings. The van der Waals surface area contributed by atoms with E-state index in [9.17, 15) is 4.79 Å². The van der Waals surface area contributed by atoms with Gasteiger partial charge in [0.1, 0.15) is 6.61 Å². The number of alkyl carbamates (subject to hydrolysis) is 1. The zero-order chi connectivity index (χ0) is 20.8. The molecule has 1 amide bonds. The van der Waals surface area contributed by atoms with Crippen molar-refractivity contribution in [3.8, 4) is 23.5 Å². The number of nitrogens with one attached hydrogen (secondary N) is 1. The van der Waals surface area contributed by atoms with Gasteiger partial charge in [0, 0.05) is 18.0 Å². The summed E-state index contributed by atoms with van der Waals surface area (Å²) in [4.78, 5) is 12.2. The monoisotopic (exact) mass is 393 g/mol. The first-order valence-corrected chi connectivity index (χ1v) is 10.1. The lowest BCUT2D eigenvalue weighted by atomic mass is 9.98. The van der Waals surface area contributed by atoms with E-state index >= 15 is 0 Å². The number of carbonyl (C=O) groups is 1. The second-order valence-electron chi connectivity index (χ2n) is 7.21. The smallest absolute Gasteiger partial charge is 0.407 e. The van der Waals surface area contributed by atoms with E-state index in [2.05, 4.69) is 35.5 Å². The fourth-order valence-electron chi connectivity index (χ4n) is 3.82. The summed E-state index contributed by atoms with van der Waals surface area (Å²) in [5, 5.41) is 2.82. The largest absolute Gasteiger partial charge is 0.449 e. The highest BCUT2D eigenvalue weighted by atomic mass is 16.5. The summed E-state index contributed by atoms with van der Waals surface area (Å²) in [5.74, 6) is 2.68. The van der Waals surface area contributed by atoms with Crippen molar-refractivity contribution in [2.24, 2.45) is 0 Å². The normalized spacial score (nSPS) is 12.2. The molecule has 1 N–H and O–H groups in total. The van der Waals surface area contributed by atoms with E-state index < -0.39 is 0 Å². The average molecular weight is 393 g/mol. The van der Waals surface area contributed by atoms with E-state index in [0.717, 1.165) is 17.5 Å². The van der Waals surface area contributed by atoms with Crippen LogP contribution >= 0.6 is 0 Å². The van der Waals surface area contributed by atoms with Gasteiger partial charge >= 0.3 is 6.09 Å². The van der Waals surface area contributed by atoms with Gasteiger partial charge in [-0.3, -0.25) is 0 Å². The first-order chi connectivity index (χ1) is 14.8. The summed E-state index contributed by atoms with van der Waals surface area (Å²) in [6, 6.07) is 24.4. The Labute approximate surface area is 177 Å². The summed E-state index contributed by atoms with van der Waals surface area (Å²) in [6.07, 6.45) is 9.73. The van der Waals surface area contributed by atoms with Gasteiger partial charge in [0.25, 0.3) is 0 Å². The van der Waals surface area contributed by atoms with Crippen LogP contribution in [0.25, 0.3) is 17.2 Å². The van der Waals surface area contributed by atoms with Crippen LogP contribution < -0.4 is 5.32 Å². The third kappa shape index (κ3) is 4.29. The molecule has 0 atom stereocenters. The quantitative estimate of drug-likeness (QED) is 0.437. The lowest BCUT2D eigenvalue weighted by Crippen LogP contribution is -2.26. The Hall–Kier alpha value is -3.77. The number of benzene rings is 3. The predicted molar refractivity (Wildman–Crippen MR) is 121 cm³/mol. The Morgan fingerprint density at radius 1 is 0.967 bits per heavy atom. The van der Waals surface area contributed by atoms with Crippen LogP contribution in [0.3, 0.4) is 0 Å². The molecule has 148 valence electrons. The van der Waals surface area contributed by atoms with E-state index in [1.807, 2.05) is 60.7 Å². The molecule has 0 heterocycles. The van der Waals surface area contributed by atoms with Crippen LogP contribution in [0.1, 0.15) is 34.6 Å². The number of fused-ring (bicyclic) bond motifs is 3. The molecular weight excluding hydrogens is 370 g/mol. The van der Waals surface area contributed by atoms with E-state index in [4.69, 9.17) is 11.2 Å². The van der Waals surface area contributed by atoms with Gasteiger partial charge in [-0.25, -0.2) is 4.79 Å². The number of ether oxygens (including phenoxy) is 1. The zero-order valence-electron chi connectivity index (χ0n) is 16.7. The Kier molecular flexibility index (Phi) is 5.96. The molecule has 3 nitrogen and oxygen atoms in total. The minimum absolute atomic E-state index is 0.0778. The van der Waals surface area contributed by atoms with Crippen LogP contribution in [-0.4, -0.2) is 19.2 Å². The Bertz CT molecular complexity index is 1060. The third-order valence-electron chi connectivity index (χ3n) is 5.31. The lowest BCUT2D eigenvalue weighted by Gasteiger charge is -2.14. The van der Waals surface area contributed by atoms with Crippen molar-refractivity contribution in [3.05, 3.63) is 101 Å². The third-order valence-corrected chi connectivity index (χ3v) is 5.31. The first-order valence-electron chi connectivity index (χ1n) is 10.1. The van der Waals surface area contributed by atoms with Gasteiger partial charge in [-0.2, -0.15) is 0 Å². The number of amides is 1. The molecule has 0 unspecified atom stereocenters. The zero-order valence-corrected chi connectivity index (χ0v) is 16.7. The van der Waals surface area contributed by atoms with Gasteiger partial charge in [0.2, 0.25) is 0 Å². The molecule has 3 aromatic carbocycles. The Morgan fingerprint density at radius 3 is 2.23 bits per heavy atom. The second kappa shape index (κ2) is 9.15. The first kappa shape index (κ1) is 19.5. The maximum atomic E-state index is 12.2. The van der Waals surface area contributed by atoms with Crippen molar-refractivity contribution in [2.45, 2.75) is 12.3 Å². The molecule has 0 saturated carbocycles. The van der Waals surface area contributed by atoms with Crippen molar-refractivity contribution >= 4 is 12.2 Å². The highest BCUT2D eigenvalue weighted by molar-refractivity contribution is 5.79. The molecule has 0 spiro atoms. The molecule has 3 heteroatoms. The molecule has 4 rings (SSSR count).